The molecule has 2 fully saturated rings. The van der Waals surface area contributed by atoms with Gasteiger partial charge in [0, 0.05) is 85.9 Å². The molecule has 0 spiro atoms. The van der Waals surface area contributed by atoms with E-state index in [4.69, 9.17) is 44.8 Å². The van der Waals surface area contributed by atoms with Crippen LogP contribution in [0.2, 0.25) is 5.02 Å². The number of likely N-dealkylation sites (N-methyl/N-ethyl adjacent to an activating group) is 3. The van der Waals surface area contributed by atoms with Gasteiger partial charge in [0.2, 0.25) is 23.6 Å². The number of nitrogens with zero attached hydrogens (tertiary/aromatic N) is 4. The Kier molecular flexibility index (Phi) is 26.8. The molecule has 3 heterocycles. The van der Waals surface area contributed by atoms with Gasteiger partial charge in [0.15, 0.2) is 5.72 Å². The molecule has 25 nitrogen and oxygen atoms in total. The Morgan fingerprint density at radius 2 is 1.71 bits per heavy atom. The number of carbonyl (C=O) groups is 9. The van der Waals surface area contributed by atoms with Crippen molar-refractivity contribution in [2.75, 3.05) is 88.7 Å². The van der Waals surface area contributed by atoms with Gasteiger partial charge < -0.3 is 68.5 Å². The fraction of sp³-hybridized carbons (Fsp3) is 0.565. The zero-order valence-corrected chi connectivity index (χ0v) is 55.7. The van der Waals surface area contributed by atoms with Gasteiger partial charge in [-0.05, 0) is 94.3 Å². The Morgan fingerprint density at radius 3 is 2.43 bits per heavy atom. The van der Waals surface area contributed by atoms with Crippen molar-refractivity contribution >= 4 is 109 Å². The Morgan fingerprint density at radius 1 is 0.967 bits per heavy atom. The first-order chi connectivity index (χ1) is 42.7. The van der Waals surface area contributed by atoms with E-state index in [1.165, 1.54) is 68.9 Å². The zero-order valence-electron chi connectivity index (χ0n) is 52.6. The molecular formula is C62H84BrClN8O17S. The molecule has 6 rings (SSSR count). The van der Waals surface area contributed by atoms with Gasteiger partial charge in [-0.15, -0.1) is 0 Å². The van der Waals surface area contributed by atoms with Gasteiger partial charge >= 0.3 is 24.2 Å². The van der Waals surface area contributed by atoms with Crippen LogP contribution in [0.5, 0.6) is 5.75 Å². The number of amides is 8. The second kappa shape index (κ2) is 33.4. The summed E-state index contributed by atoms with van der Waals surface area (Å²) < 4.78 is 40.7. The van der Waals surface area contributed by atoms with E-state index >= 15 is 0 Å². The van der Waals surface area contributed by atoms with Crippen molar-refractivity contribution in [3.05, 3.63) is 82.4 Å². The second-order valence-corrected chi connectivity index (χ2v) is 24.9. The van der Waals surface area contributed by atoms with Crippen molar-refractivity contribution in [3.8, 4) is 5.75 Å². The van der Waals surface area contributed by atoms with E-state index in [2.05, 4.69) is 37.2 Å². The number of hydrogen-bond donors (Lipinski definition) is 5. The van der Waals surface area contributed by atoms with Crippen molar-refractivity contribution in [3.63, 3.8) is 0 Å². The maximum atomic E-state index is 14.4. The van der Waals surface area contributed by atoms with Crippen LogP contribution in [0.25, 0.3) is 0 Å². The highest BCUT2D eigenvalue weighted by atomic mass is 79.9. The van der Waals surface area contributed by atoms with Crippen LogP contribution in [0, 0.1) is 5.92 Å². The summed E-state index contributed by atoms with van der Waals surface area (Å²) in [5.41, 5.74) is -0.366. The molecule has 9 atom stereocenters. The molecular weight excluding hydrogens is 1280 g/mol. The third kappa shape index (κ3) is 20.0. The van der Waals surface area contributed by atoms with Crippen LogP contribution in [0.4, 0.5) is 36.2 Å². The monoisotopic (exact) mass is 1360 g/mol. The summed E-state index contributed by atoms with van der Waals surface area (Å²) in [4.78, 5) is 125. The number of thioether (sulfide) groups is 1. The number of esters is 1. The molecule has 8 amide bonds. The molecule has 90 heavy (non-hydrogen) atoms. The Hall–Kier alpha value is -6.91. The molecule has 3 aliphatic heterocycles. The summed E-state index contributed by atoms with van der Waals surface area (Å²) in [6.45, 7) is 6.79. The number of ether oxygens (including phenoxy) is 7. The number of methoxy groups -OCH3 is 2. The van der Waals surface area contributed by atoms with Crippen molar-refractivity contribution in [2.45, 2.75) is 146 Å². The number of rotatable bonds is 20. The highest BCUT2D eigenvalue weighted by molar-refractivity contribution is 9.09. The Labute approximate surface area is 542 Å². The molecule has 28 heteroatoms. The molecule has 2 saturated heterocycles. The number of aliphatic hydroxyl groups is 1. The molecule has 0 aromatic heterocycles. The average molecular weight is 1360 g/mol. The summed E-state index contributed by atoms with van der Waals surface area (Å²) in [5.74, 6) is -2.88. The highest BCUT2D eigenvalue weighted by Gasteiger charge is 2.64. The second-order valence-electron chi connectivity index (χ2n) is 23.0. The van der Waals surface area contributed by atoms with E-state index in [0.29, 0.717) is 29.8 Å². The van der Waals surface area contributed by atoms with Crippen molar-refractivity contribution < 1.29 is 81.4 Å². The van der Waals surface area contributed by atoms with Gasteiger partial charge in [-0.1, -0.05) is 88.6 Å². The summed E-state index contributed by atoms with van der Waals surface area (Å²) in [6, 6.07) is 7.03. The van der Waals surface area contributed by atoms with Gasteiger partial charge in [-0.2, -0.15) is 0 Å². The van der Waals surface area contributed by atoms with Crippen LogP contribution < -0.4 is 30.9 Å². The fourth-order valence-electron chi connectivity index (χ4n) is 10.4. The Balaban J connectivity index is 1.03. The third-order valence-corrected chi connectivity index (χ3v) is 18.0. The van der Waals surface area contributed by atoms with E-state index in [1.807, 2.05) is 25.2 Å². The lowest BCUT2D eigenvalue weighted by molar-refractivity contribution is -0.162. The number of carbonyl (C=O) groups excluding carboxylic acids is 9. The first-order valence-corrected chi connectivity index (χ1v) is 32.2. The maximum Gasteiger partial charge on any atom is 0.412 e. The molecule has 494 valence electrons. The first-order valence-electron chi connectivity index (χ1n) is 29.7. The maximum absolute atomic E-state index is 14.4. The molecule has 4 bridgehead atoms. The minimum Gasteiger partial charge on any atom is -0.495 e. The number of benzene rings is 2. The standard InChI is InChI=1S/C62H84BrClN8O17S/c1-37-17-16-20-48(84-10)62(82)34-47(87-58(79)68-62)38(2)55-61(4,89-55)49(33-53(76)72(8)45-31-41(29-37)32-46(83-9)54(45)64)88-56(77)39(3)71(7)52(75)24-28-90-60(81)70(6)27-26-69(5)59(80)85-36-40-21-22-43(44(30-40)66-50(73)23-25-65-51(74)35-63)67-57(78)86-42-18-14-12-11-13-15-19-42/h14,16-18,20-22,30-32,38-39,42,47-49,55,82H,11-13,15,19,23-29,33-36H2,1-10H3,(H,65,74)(H,66,73)(H,67,78)(H,68,79)/b18-14+,20-16+,37-17+/t38-,39+,42?,47+,48-,49+,55+,61?,62+/m1/s1. The van der Waals surface area contributed by atoms with Crippen LogP contribution in [0.1, 0.15) is 96.6 Å². The highest BCUT2D eigenvalue weighted by Crippen LogP contribution is 2.49. The van der Waals surface area contributed by atoms with Crippen LogP contribution in [-0.2, 0) is 65.4 Å². The van der Waals surface area contributed by atoms with Crippen molar-refractivity contribution in [1.29, 1.82) is 0 Å². The van der Waals surface area contributed by atoms with E-state index in [9.17, 15) is 48.3 Å². The first kappa shape index (κ1) is 72.2. The van der Waals surface area contributed by atoms with E-state index in [-0.39, 0.29) is 78.9 Å². The smallest absolute Gasteiger partial charge is 0.412 e. The summed E-state index contributed by atoms with van der Waals surface area (Å²) in [5, 5.41) is 22.3. The number of alkyl halides is 1. The number of epoxide rings is 1. The van der Waals surface area contributed by atoms with Crippen molar-refractivity contribution in [2.24, 2.45) is 5.92 Å². The van der Waals surface area contributed by atoms with Gasteiger partial charge in [0.25, 0.3) is 5.24 Å². The number of hydrogen-bond acceptors (Lipinski definition) is 18. The molecule has 4 aliphatic rings. The predicted molar refractivity (Wildman–Crippen MR) is 341 cm³/mol. The molecule has 2 unspecified atom stereocenters. The Bertz CT molecular complexity index is 3050. The number of nitrogens with one attached hydrogen (secondary N) is 4. The van der Waals surface area contributed by atoms with Crippen LogP contribution >= 0.6 is 39.3 Å². The molecule has 1 aliphatic carbocycles. The fourth-order valence-corrected chi connectivity index (χ4v) is 11.7. The zero-order chi connectivity index (χ0) is 66.0. The quantitative estimate of drug-likeness (QED) is 0.0274. The molecule has 0 saturated carbocycles. The van der Waals surface area contributed by atoms with Crippen LogP contribution in [-0.4, -0.2) is 194 Å². The number of anilines is 3. The van der Waals surface area contributed by atoms with E-state index in [1.54, 1.807) is 56.3 Å². The minimum absolute atomic E-state index is 0.0344. The number of halogens is 2. The molecule has 5 N–H and O–H groups in total. The lowest BCUT2D eigenvalue weighted by atomic mass is 9.83. The lowest BCUT2D eigenvalue weighted by Gasteiger charge is -2.42. The molecule has 0 radical (unpaired) electrons. The van der Waals surface area contributed by atoms with Crippen LogP contribution in [0.15, 0.2) is 66.3 Å². The van der Waals surface area contributed by atoms with E-state index in [0.717, 1.165) is 48.6 Å². The van der Waals surface area contributed by atoms with E-state index < -0.39 is 107 Å². The average Bonchev–Trinajstić information content (AvgIpc) is 1.57. The third-order valence-electron chi connectivity index (χ3n) is 16.2. The van der Waals surface area contributed by atoms with Gasteiger partial charge in [0.05, 0.1) is 42.0 Å². The SMILES string of the molecule is COc1cc2cc(c1Cl)N(C)C(=O)C[C@H](OC(=O)[C@H](C)N(C)C(=O)CCSC(=O)N(C)CCN(C)C(=O)OCc1ccc(NC(=O)OC3/C=C/CCCCC3)c(NC(=O)CCNC(=O)CBr)c1)C1(C)O[C@H]1[C@H](C)[C@@H]1C[C@@](O)(NC(=O)O1)[C@H](OC)/C=C/C=C(\C)C2. The van der Waals surface area contributed by atoms with Crippen molar-refractivity contribution in [1.82, 2.24) is 25.3 Å². The summed E-state index contributed by atoms with van der Waals surface area (Å²) in [6.07, 6.45) is 6.56. The largest absolute Gasteiger partial charge is 0.495 e. The number of alkyl carbamates (subject to hydrolysis) is 1. The number of allylic oxidation sites excluding steroid dienone is 4. The van der Waals surface area contributed by atoms with Gasteiger partial charge in [-0.3, -0.25) is 34.6 Å². The molecule has 2 aromatic carbocycles. The topological polar surface area (TPSA) is 303 Å². The normalized spacial score (nSPS) is 25.0. The number of fused-ring (bicyclic) bond motifs is 5. The lowest BCUT2D eigenvalue weighted by Crippen LogP contribution is -2.63. The summed E-state index contributed by atoms with van der Waals surface area (Å²) >= 11 is 10.8. The van der Waals surface area contributed by atoms with Gasteiger partial charge in [-0.25, -0.2) is 19.2 Å². The molecule has 2 aromatic rings. The predicted octanol–water partition coefficient (Wildman–Crippen LogP) is 8.24. The minimum atomic E-state index is -1.90. The van der Waals surface area contributed by atoms with Gasteiger partial charge in [0.1, 0.15) is 53.4 Å². The van der Waals surface area contributed by atoms with Crippen LogP contribution in [0.3, 0.4) is 0 Å². The summed E-state index contributed by atoms with van der Waals surface area (Å²) in [7, 11) is 8.84.